The van der Waals surface area contributed by atoms with Crippen molar-refractivity contribution in [2.45, 2.75) is 46.5 Å². The van der Waals surface area contributed by atoms with Crippen molar-refractivity contribution < 1.29 is 0 Å². The van der Waals surface area contributed by atoms with Crippen LogP contribution in [0.4, 0.5) is 0 Å². The molecule has 0 aromatic rings. The molecule has 1 unspecified atom stereocenters. The summed E-state index contributed by atoms with van der Waals surface area (Å²) in [6, 6.07) is 0. The van der Waals surface area contributed by atoms with Gasteiger partial charge in [0.15, 0.2) is 0 Å². The molecule has 0 aliphatic heterocycles. The zero-order valence-corrected chi connectivity index (χ0v) is 10.4. The fourth-order valence-corrected chi connectivity index (χ4v) is 3.51. The molecule has 15 heavy (non-hydrogen) atoms. The molecule has 0 nitrogen and oxygen atoms in total. The van der Waals surface area contributed by atoms with Crippen LogP contribution in [0.1, 0.15) is 46.5 Å². The summed E-state index contributed by atoms with van der Waals surface area (Å²) in [4.78, 5) is 0. The Labute approximate surface area is 94.5 Å². The highest BCUT2D eigenvalue weighted by atomic mass is 14.4. The topological polar surface area (TPSA) is 0 Å². The van der Waals surface area contributed by atoms with E-state index in [1.165, 1.54) is 31.3 Å². The third-order valence-corrected chi connectivity index (χ3v) is 4.64. The maximum atomic E-state index is 4.14. The molecule has 0 aromatic carbocycles. The number of rotatable bonds is 0. The van der Waals surface area contributed by atoms with Crippen LogP contribution in [0, 0.1) is 23.2 Å². The van der Waals surface area contributed by atoms with E-state index < -0.39 is 0 Å². The molecule has 1 saturated carbocycles. The Morgan fingerprint density at radius 2 is 2.13 bits per heavy atom. The lowest BCUT2D eigenvalue weighted by molar-refractivity contribution is 0.141. The lowest BCUT2D eigenvalue weighted by Gasteiger charge is -2.40. The Morgan fingerprint density at radius 1 is 1.40 bits per heavy atom. The van der Waals surface area contributed by atoms with Crippen LogP contribution in [0.5, 0.6) is 0 Å². The first-order chi connectivity index (χ1) is 7.00. The van der Waals surface area contributed by atoms with Gasteiger partial charge in [-0.05, 0) is 36.0 Å². The van der Waals surface area contributed by atoms with E-state index in [0.29, 0.717) is 5.41 Å². The average molecular weight is 204 g/mol. The predicted octanol–water partition coefficient (Wildman–Crippen LogP) is 4.58. The Balaban J connectivity index is 2.31. The first-order valence-electron chi connectivity index (χ1n) is 6.37. The van der Waals surface area contributed by atoms with E-state index in [1.54, 1.807) is 0 Å². The van der Waals surface area contributed by atoms with Crippen molar-refractivity contribution in [1.29, 1.82) is 0 Å². The van der Waals surface area contributed by atoms with Gasteiger partial charge < -0.3 is 0 Å². The van der Waals surface area contributed by atoms with E-state index in [9.17, 15) is 0 Å². The Bertz CT molecular complexity index is 282. The van der Waals surface area contributed by atoms with Crippen molar-refractivity contribution in [3.8, 4) is 0 Å². The summed E-state index contributed by atoms with van der Waals surface area (Å²) in [6.07, 6.45) is 10.1. The second-order valence-electron chi connectivity index (χ2n) is 6.26. The second kappa shape index (κ2) is 3.81. The summed E-state index contributed by atoms with van der Waals surface area (Å²) in [5.74, 6) is 2.49. The largest absolute Gasteiger partial charge is 0.0958 e. The molecule has 0 saturated heterocycles. The summed E-state index contributed by atoms with van der Waals surface area (Å²) >= 11 is 0. The van der Waals surface area contributed by atoms with Crippen LogP contribution in [-0.4, -0.2) is 0 Å². The maximum Gasteiger partial charge on any atom is -0.0168 e. The van der Waals surface area contributed by atoms with E-state index in [2.05, 4.69) is 39.5 Å². The molecule has 3 atom stereocenters. The highest BCUT2D eigenvalue weighted by Gasteiger charge is 2.40. The normalized spacial score (nSPS) is 39.7. The second-order valence-corrected chi connectivity index (χ2v) is 6.26. The first kappa shape index (κ1) is 11.0. The first-order valence-corrected chi connectivity index (χ1v) is 6.37. The van der Waals surface area contributed by atoms with Gasteiger partial charge in [0.1, 0.15) is 0 Å². The molecule has 0 spiro atoms. The van der Waals surface area contributed by atoms with Crippen LogP contribution in [0.25, 0.3) is 0 Å². The maximum absolute atomic E-state index is 4.14. The zero-order chi connectivity index (χ0) is 11.1. The van der Waals surface area contributed by atoms with E-state index in [4.69, 9.17) is 0 Å². The third kappa shape index (κ3) is 2.04. The molecule has 0 heterocycles. The summed E-state index contributed by atoms with van der Waals surface area (Å²) in [6.45, 7) is 11.5. The van der Waals surface area contributed by atoms with Gasteiger partial charge in [0.2, 0.25) is 0 Å². The smallest absolute Gasteiger partial charge is 0.0168 e. The van der Waals surface area contributed by atoms with Crippen LogP contribution >= 0.6 is 0 Å². The number of allylic oxidation sites excluding steroid dienone is 3. The van der Waals surface area contributed by atoms with Crippen LogP contribution < -0.4 is 0 Å². The van der Waals surface area contributed by atoms with Crippen molar-refractivity contribution in [1.82, 2.24) is 0 Å². The number of fused-ring (bicyclic) bond motifs is 1. The molecule has 2 rings (SSSR count). The molecule has 84 valence electrons. The fourth-order valence-electron chi connectivity index (χ4n) is 3.51. The van der Waals surface area contributed by atoms with Crippen molar-refractivity contribution in [2.24, 2.45) is 23.2 Å². The molecule has 0 heteroatoms. The Hall–Kier alpha value is -0.520. The van der Waals surface area contributed by atoms with Gasteiger partial charge >= 0.3 is 0 Å². The minimum Gasteiger partial charge on any atom is -0.0958 e. The van der Waals surface area contributed by atoms with Gasteiger partial charge in [-0.1, -0.05) is 57.9 Å². The highest BCUT2D eigenvalue weighted by Crippen LogP contribution is 2.49. The van der Waals surface area contributed by atoms with Gasteiger partial charge in [0.05, 0.1) is 0 Å². The van der Waals surface area contributed by atoms with E-state index in [0.717, 1.165) is 17.8 Å². The molecule has 2 aliphatic rings. The molecular formula is C15H24. The van der Waals surface area contributed by atoms with E-state index >= 15 is 0 Å². The minimum atomic E-state index is 0.503. The molecule has 0 aromatic heterocycles. The van der Waals surface area contributed by atoms with Crippen molar-refractivity contribution in [3.05, 3.63) is 24.3 Å². The fraction of sp³-hybridized carbons (Fsp3) is 0.733. The molecule has 0 radical (unpaired) electrons. The SMILES string of the molecule is C=C1C=C[C@H]2C(C1)C(C)(C)CCC[C@@H]2C. The summed E-state index contributed by atoms with van der Waals surface area (Å²) < 4.78 is 0. The number of hydrogen-bond acceptors (Lipinski definition) is 0. The molecule has 1 fully saturated rings. The van der Waals surface area contributed by atoms with E-state index in [-0.39, 0.29) is 0 Å². The minimum absolute atomic E-state index is 0.503. The molecule has 0 N–H and O–H groups in total. The van der Waals surface area contributed by atoms with Crippen LogP contribution in [0.3, 0.4) is 0 Å². The predicted molar refractivity (Wildman–Crippen MR) is 66.7 cm³/mol. The number of hydrogen-bond donors (Lipinski definition) is 0. The van der Waals surface area contributed by atoms with Crippen molar-refractivity contribution in [3.63, 3.8) is 0 Å². The van der Waals surface area contributed by atoms with Crippen LogP contribution in [0.15, 0.2) is 24.3 Å². The van der Waals surface area contributed by atoms with Gasteiger partial charge in [-0.2, -0.15) is 0 Å². The third-order valence-electron chi connectivity index (χ3n) is 4.64. The van der Waals surface area contributed by atoms with Gasteiger partial charge in [0.25, 0.3) is 0 Å². The van der Waals surface area contributed by atoms with Crippen molar-refractivity contribution in [2.75, 3.05) is 0 Å². The highest BCUT2D eigenvalue weighted by molar-refractivity contribution is 5.22. The van der Waals surface area contributed by atoms with E-state index in [1.807, 2.05) is 0 Å². The lowest BCUT2D eigenvalue weighted by atomic mass is 9.64. The standard InChI is InChI=1S/C15H24/c1-11-7-8-13-12(2)6-5-9-15(3,4)14(13)10-11/h7-8,12-14H,1,5-6,9-10H2,2-4H3/t12-,13+,14?/m0/s1. The molecule has 2 aliphatic carbocycles. The summed E-state index contributed by atoms with van der Waals surface area (Å²) in [5, 5.41) is 0. The molecular weight excluding hydrogens is 180 g/mol. The van der Waals surface area contributed by atoms with Gasteiger partial charge in [-0.3, -0.25) is 0 Å². The van der Waals surface area contributed by atoms with Gasteiger partial charge in [-0.15, -0.1) is 0 Å². The zero-order valence-electron chi connectivity index (χ0n) is 10.4. The lowest BCUT2D eigenvalue weighted by Crippen LogP contribution is -2.32. The Kier molecular flexibility index (Phi) is 2.79. The average Bonchev–Trinajstić information content (AvgIpc) is 2.26. The van der Waals surface area contributed by atoms with Gasteiger partial charge in [-0.25, -0.2) is 0 Å². The summed E-state index contributed by atoms with van der Waals surface area (Å²) in [7, 11) is 0. The van der Waals surface area contributed by atoms with Gasteiger partial charge in [0, 0.05) is 0 Å². The Morgan fingerprint density at radius 3 is 2.87 bits per heavy atom. The quantitative estimate of drug-likeness (QED) is 0.542. The molecule has 0 bridgehead atoms. The van der Waals surface area contributed by atoms with Crippen LogP contribution in [-0.2, 0) is 0 Å². The summed E-state index contributed by atoms with van der Waals surface area (Å²) in [5.41, 5.74) is 1.83. The van der Waals surface area contributed by atoms with Crippen molar-refractivity contribution >= 4 is 0 Å². The monoisotopic (exact) mass is 204 g/mol. The molecule has 0 amide bonds. The van der Waals surface area contributed by atoms with Crippen LogP contribution in [0.2, 0.25) is 0 Å².